The van der Waals surface area contributed by atoms with Crippen LogP contribution in [-0.2, 0) is 13.1 Å². The van der Waals surface area contributed by atoms with Gasteiger partial charge in [-0.2, -0.15) is 5.10 Å². The predicted octanol–water partition coefficient (Wildman–Crippen LogP) is 2.60. The van der Waals surface area contributed by atoms with Crippen molar-refractivity contribution in [3.63, 3.8) is 0 Å². The molecule has 1 N–H and O–H groups in total. The molecule has 0 spiro atoms. The second kappa shape index (κ2) is 7.68. The molecule has 0 amide bonds. The molecule has 1 heterocycles. The van der Waals surface area contributed by atoms with Gasteiger partial charge in [-0.3, -0.25) is 4.79 Å². The zero-order chi connectivity index (χ0) is 18.7. The van der Waals surface area contributed by atoms with Gasteiger partial charge in [0, 0.05) is 12.1 Å². The number of aromatic nitrogens is 3. The van der Waals surface area contributed by atoms with E-state index >= 15 is 0 Å². The fourth-order valence-corrected chi connectivity index (χ4v) is 3.01. The van der Waals surface area contributed by atoms with Crippen LogP contribution < -0.4 is 11.0 Å². The van der Waals surface area contributed by atoms with Crippen molar-refractivity contribution in [2.75, 3.05) is 7.05 Å². The molecule has 0 radical (unpaired) electrons. The standard InChI is InChI=1S/C19H19ClN4O2/c1-13-3-8-16(17(20)9-13)18(25)11-24-19(26)23(12-22-24)15-6-4-14(5-7-15)10-21-2/h3-9,12,21H,10-11H2,1-2H3. The van der Waals surface area contributed by atoms with Crippen LogP contribution in [-0.4, -0.2) is 27.2 Å². The number of ketones is 1. The zero-order valence-electron chi connectivity index (χ0n) is 14.6. The normalized spacial score (nSPS) is 10.9. The van der Waals surface area contributed by atoms with E-state index < -0.39 is 0 Å². The van der Waals surface area contributed by atoms with Crippen LogP contribution in [0.1, 0.15) is 21.5 Å². The Morgan fingerprint density at radius 3 is 2.58 bits per heavy atom. The number of carbonyl (C=O) groups excluding carboxylic acids is 1. The van der Waals surface area contributed by atoms with Crippen LogP contribution in [0, 0.1) is 6.92 Å². The smallest absolute Gasteiger partial charge is 0.316 e. The summed E-state index contributed by atoms with van der Waals surface area (Å²) in [6.07, 6.45) is 1.42. The Balaban J connectivity index is 1.82. The number of benzene rings is 2. The summed E-state index contributed by atoms with van der Waals surface area (Å²) in [5, 5.41) is 7.50. The van der Waals surface area contributed by atoms with E-state index in [0.29, 0.717) is 16.3 Å². The van der Waals surface area contributed by atoms with Crippen molar-refractivity contribution in [2.24, 2.45) is 0 Å². The number of nitrogens with one attached hydrogen (secondary N) is 1. The highest BCUT2D eigenvalue weighted by Gasteiger charge is 2.15. The summed E-state index contributed by atoms with van der Waals surface area (Å²) >= 11 is 6.13. The van der Waals surface area contributed by atoms with Crippen LogP contribution in [0.2, 0.25) is 5.02 Å². The SMILES string of the molecule is CNCc1ccc(-n2cnn(CC(=O)c3ccc(C)cc3Cl)c2=O)cc1. The summed E-state index contributed by atoms with van der Waals surface area (Å²) < 4.78 is 2.55. The highest BCUT2D eigenvalue weighted by molar-refractivity contribution is 6.34. The van der Waals surface area contributed by atoms with Gasteiger partial charge < -0.3 is 5.32 Å². The molecule has 0 atom stereocenters. The number of hydrogen-bond acceptors (Lipinski definition) is 4. The van der Waals surface area contributed by atoms with Crippen molar-refractivity contribution < 1.29 is 4.79 Å². The molecule has 0 bridgehead atoms. The first-order valence-electron chi connectivity index (χ1n) is 8.17. The fraction of sp³-hybridized carbons (Fsp3) is 0.211. The van der Waals surface area contributed by atoms with Gasteiger partial charge in [-0.1, -0.05) is 29.8 Å². The van der Waals surface area contributed by atoms with Crippen LogP contribution in [0.4, 0.5) is 0 Å². The Morgan fingerprint density at radius 2 is 1.92 bits per heavy atom. The number of nitrogens with zero attached hydrogens (tertiary/aromatic N) is 3. The summed E-state index contributed by atoms with van der Waals surface area (Å²) in [7, 11) is 1.87. The third-order valence-corrected chi connectivity index (χ3v) is 4.36. The quantitative estimate of drug-likeness (QED) is 0.677. The van der Waals surface area contributed by atoms with E-state index in [1.165, 1.54) is 10.9 Å². The highest BCUT2D eigenvalue weighted by atomic mass is 35.5. The van der Waals surface area contributed by atoms with Crippen LogP contribution in [0.5, 0.6) is 0 Å². The molecule has 1 aromatic heterocycles. The van der Waals surface area contributed by atoms with Gasteiger partial charge in [-0.15, -0.1) is 0 Å². The molecule has 2 aromatic carbocycles. The third-order valence-electron chi connectivity index (χ3n) is 4.05. The highest BCUT2D eigenvalue weighted by Crippen LogP contribution is 2.18. The number of rotatable bonds is 6. The molecular weight excluding hydrogens is 352 g/mol. The van der Waals surface area contributed by atoms with Crippen LogP contribution in [0.15, 0.2) is 53.6 Å². The number of halogens is 1. The van der Waals surface area contributed by atoms with E-state index in [2.05, 4.69) is 10.4 Å². The molecular formula is C19H19ClN4O2. The van der Waals surface area contributed by atoms with Gasteiger partial charge in [-0.05, 0) is 49.4 Å². The Kier molecular flexibility index (Phi) is 5.35. The molecule has 0 aliphatic heterocycles. The summed E-state index contributed by atoms with van der Waals surface area (Å²) in [4.78, 5) is 25.0. The van der Waals surface area contributed by atoms with E-state index in [-0.39, 0.29) is 18.0 Å². The summed E-state index contributed by atoms with van der Waals surface area (Å²) in [5.74, 6) is -0.258. The first kappa shape index (κ1) is 18.1. The zero-order valence-corrected chi connectivity index (χ0v) is 15.3. The lowest BCUT2D eigenvalue weighted by atomic mass is 10.1. The molecule has 134 valence electrons. The minimum absolute atomic E-state index is 0.160. The first-order chi connectivity index (χ1) is 12.5. The Hall–Kier alpha value is -2.70. The van der Waals surface area contributed by atoms with E-state index in [9.17, 15) is 9.59 Å². The summed E-state index contributed by atoms with van der Waals surface area (Å²) in [5.41, 5.74) is 2.79. The number of aryl methyl sites for hydroxylation is 1. The maximum Gasteiger partial charge on any atom is 0.350 e. The lowest BCUT2D eigenvalue weighted by molar-refractivity contribution is 0.0966. The first-order valence-corrected chi connectivity index (χ1v) is 8.55. The lowest BCUT2D eigenvalue weighted by Crippen LogP contribution is -2.27. The minimum atomic E-state index is -0.372. The molecule has 0 fully saturated rings. The van der Waals surface area contributed by atoms with Crippen molar-refractivity contribution in [1.82, 2.24) is 19.7 Å². The van der Waals surface area contributed by atoms with Gasteiger partial charge in [0.15, 0.2) is 5.78 Å². The molecule has 0 saturated carbocycles. The molecule has 6 nitrogen and oxygen atoms in total. The maximum atomic E-state index is 12.6. The van der Waals surface area contributed by atoms with Crippen LogP contribution in [0.25, 0.3) is 5.69 Å². The molecule has 3 aromatic rings. The van der Waals surface area contributed by atoms with Gasteiger partial charge in [0.2, 0.25) is 0 Å². The van der Waals surface area contributed by atoms with Crippen molar-refractivity contribution in [3.8, 4) is 5.69 Å². The van der Waals surface area contributed by atoms with Crippen LogP contribution in [0.3, 0.4) is 0 Å². The van der Waals surface area contributed by atoms with Crippen molar-refractivity contribution in [3.05, 3.63) is 81.0 Å². The largest absolute Gasteiger partial charge is 0.350 e. The van der Waals surface area contributed by atoms with Crippen molar-refractivity contribution in [2.45, 2.75) is 20.0 Å². The maximum absolute atomic E-state index is 12.6. The van der Waals surface area contributed by atoms with Crippen LogP contribution >= 0.6 is 11.6 Å². The Labute approximate surface area is 156 Å². The number of Topliss-reactive ketones (excluding diaryl/α,β-unsaturated/α-hetero) is 1. The average molecular weight is 371 g/mol. The number of hydrogen-bond donors (Lipinski definition) is 1. The number of carbonyl (C=O) groups is 1. The topological polar surface area (TPSA) is 68.9 Å². The van der Waals surface area contributed by atoms with Gasteiger partial charge in [0.1, 0.15) is 12.9 Å². The molecule has 0 aliphatic carbocycles. The minimum Gasteiger partial charge on any atom is -0.316 e. The monoisotopic (exact) mass is 370 g/mol. The average Bonchev–Trinajstić information content (AvgIpc) is 2.96. The van der Waals surface area contributed by atoms with E-state index in [4.69, 9.17) is 11.6 Å². The second-order valence-corrected chi connectivity index (χ2v) is 6.45. The molecule has 0 aliphatic rings. The predicted molar refractivity (Wildman–Crippen MR) is 101 cm³/mol. The van der Waals surface area contributed by atoms with Gasteiger partial charge in [-0.25, -0.2) is 14.0 Å². The lowest BCUT2D eigenvalue weighted by Gasteiger charge is -2.05. The van der Waals surface area contributed by atoms with Crippen molar-refractivity contribution >= 4 is 17.4 Å². The molecule has 26 heavy (non-hydrogen) atoms. The van der Waals surface area contributed by atoms with E-state index in [1.807, 2.05) is 44.3 Å². The molecule has 0 unspecified atom stereocenters. The van der Waals surface area contributed by atoms with Gasteiger partial charge >= 0.3 is 5.69 Å². The van der Waals surface area contributed by atoms with Crippen molar-refractivity contribution in [1.29, 1.82) is 0 Å². The summed E-state index contributed by atoms with van der Waals surface area (Å²) in [6.45, 7) is 2.49. The Bertz CT molecular complexity index is 990. The molecule has 3 rings (SSSR count). The fourth-order valence-electron chi connectivity index (χ4n) is 2.67. The van der Waals surface area contributed by atoms with Gasteiger partial charge in [0.25, 0.3) is 0 Å². The molecule has 0 saturated heterocycles. The van der Waals surface area contributed by atoms with E-state index in [0.717, 1.165) is 22.4 Å². The third kappa shape index (κ3) is 3.76. The Morgan fingerprint density at radius 1 is 1.19 bits per heavy atom. The van der Waals surface area contributed by atoms with Gasteiger partial charge in [0.05, 0.1) is 10.7 Å². The molecule has 7 heteroatoms. The summed E-state index contributed by atoms with van der Waals surface area (Å²) in [6, 6.07) is 12.8. The second-order valence-electron chi connectivity index (χ2n) is 6.04. The van der Waals surface area contributed by atoms with E-state index in [1.54, 1.807) is 12.1 Å².